The molecule has 1 aromatic carbocycles. The zero-order valence-electron chi connectivity index (χ0n) is 11.4. The molecule has 0 bridgehead atoms. The maximum atomic E-state index is 4.34. The number of imidazole rings is 1. The Morgan fingerprint density at radius 2 is 1.94 bits per heavy atom. The Balaban J connectivity index is 1.83. The van der Waals surface area contributed by atoms with E-state index < -0.39 is 0 Å². The first-order chi connectivity index (χ1) is 8.65. The summed E-state index contributed by atoms with van der Waals surface area (Å²) in [7, 11) is 4.20. The third-order valence-corrected chi connectivity index (χ3v) is 3.21. The molecule has 3 nitrogen and oxygen atoms in total. The maximum Gasteiger partial charge on any atom is 0.109 e. The first-order valence-electron chi connectivity index (χ1n) is 6.35. The van der Waals surface area contributed by atoms with Crippen LogP contribution in [0.15, 0.2) is 36.7 Å². The lowest BCUT2D eigenvalue weighted by atomic mass is 10.1. The van der Waals surface area contributed by atoms with Gasteiger partial charge in [0.15, 0.2) is 0 Å². The molecule has 0 atom stereocenters. The number of hydrogen-bond donors (Lipinski definition) is 0. The maximum absolute atomic E-state index is 4.34. The summed E-state index contributed by atoms with van der Waals surface area (Å²) < 4.78 is 2.08. The predicted octanol–water partition coefficient (Wildman–Crippen LogP) is 2.40. The van der Waals surface area contributed by atoms with E-state index in [-0.39, 0.29) is 0 Å². The molecular weight excluding hydrogens is 222 g/mol. The van der Waals surface area contributed by atoms with Gasteiger partial charge in [-0.3, -0.25) is 0 Å². The molecule has 0 unspecified atom stereocenters. The minimum Gasteiger partial charge on any atom is -0.338 e. The van der Waals surface area contributed by atoms with Crippen molar-refractivity contribution in [2.24, 2.45) is 7.05 Å². The van der Waals surface area contributed by atoms with E-state index in [1.54, 1.807) is 0 Å². The number of likely N-dealkylation sites (N-methyl/N-ethyl adjacent to an activating group) is 1. The van der Waals surface area contributed by atoms with Crippen molar-refractivity contribution in [3.8, 4) is 0 Å². The van der Waals surface area contributed by atoms with Gasteiger partial charge in [-0.15, -0.1) is 0 Å². The molecule has 0 spiro atoms. The summed E-state index contributed by atoms with van der Waals surface area (Å²) in [5.74, 6) is 1.14. The van der Waals surface area contributed by atoms with Gasteiger partial charge in [0.1, 0.15) is 5.82 Å². The number of aryl methyl sites for hydroxylation is 2. The SMILES string of the molecule is Cc1ccc(CN(C)CCc2nccn2C)cc1. The Bertz CT molecular complexity index is 485. The van der Waals surface area contributed by atoms with Gasteiger partial charge in [0, 0.05) is 39.0 Å². The van der Waals surface area contributed by atoms with E-state index in [0.29, 0.717) is 0 Å². The number of benzene rings is 1. The van der Waals surface area contributed by atoms with Crippen molar-refractivity contribution in [2.45, 2.75) is 19.9 Å². The summed E-state index contributed by atoms with van der Waals surface area (Å²) in [5, 5.41) is 0. The molecular formula is C15H21N3. The van der Waals surface area contributed by atoms with E-state index >= 15 is 0 Å². The average molecular weight is 243 g/mol. The van der Waals surface area contributed by atoms with Gasteiger partial charge in [-0.1, -0.05) is 29.8 Å². The summed E-state index contributed by atoms with van der Waals surface area (Å²) in [6.07, 6.45) is 4.84. The highest BCUT2D eigenvalue weighted by molar-refractivity contribution is 5.21. The minimum absolute atomic E-state index is 0.991. The third kappa shape index (κ3) is 3.44. The van der Waals surface area contributed by atoms with Gasteiger partial charge in [0.05, 0.1) is 0 Å². The largest absolute Gasteiger partial charge is 0.338 e. The summed E-state index contributed by atoms with van der Waals surface area (Å²) in [4.78, 5) is 6.68. The van der Waals surface area contributed by atoms with Crippen LogP contribution in [0.25, 0.3) is 0 Å². The van der Waals surface area contributed by atoms with Crippen molar-refractivity contribution in [2.75, 3.05) is 13.6 Å². The molecule has 0 saturated carbocycles. The molecule has 18 heavy (non-hydrogen) atoms. The monoisotopic (exact) mass is 243 g/mol. The molecule has 2 rings (SSSR count). The van der Waals surface area contributed by atoms with Crippen LogP contribution in [-0.2, 0) is 20.0 Å². The second-order valence-electron chi connectivity index (χ2n) is 4.93. The fraction of sp³-hybridized carbons (Fsp3) is 0.400. The molecule has 2 aromatic rings. The highest BCUT2D eigenvalue weighted by atomic mass is 15.1. The molecule has 0 aliphatic rings. The van der Waals surface area contributed by atoms with Crippen LogP contribution in [0.1, 0.15) is 17.0 Å². The normalized spacial score (nSPS) is 11.1. The summed E-state index contributed by atoms with van der Waals surface area (Å²) in [6.45, 7) is 4.14. The number of aromatic nitrogens is 2. The first-order valence-corrected chi connectivity index (χ1v) is 6.35. The molecule has 0 fully saturated rings. The lowest BCUT2D eigenvalue weighted by Gasteiger charge is -2.16. The van der Waals surface area contributed by atoms with E-state index in [9.17, 15) is 0 Å². The fourth-order valence-electron chi connectivity index (χ4n) is 2.01. The predicted molar refractivity (Wildman–Crippen MR) is 74.4 cm³/mol. The Labute approximate surface area is 109 Å². The van der Waals surface area contributed by atoms with Crippen LogP contribution in [-0.4, -0.2) is 28.0 Å². The molecule has 0 aliphatic heterocycles. The topological polar surface area (TPSA) is 21.1 Å². The summed E-state index contributed by atoms with van der Waals surface area (Å²) in [5.41, 5.74) is 2.68. The molecule has 1 aromatic heterocycles. The van der Waals surface area contributed by atoms with Gasteiger partial charge < -0.3 is 9.47 Å². The quantitative estimate of drug-likeness (QED) is 0.804. The number of hydrogen-bond acceptors (Lipinski definition) is 2. The van der Waals surface area contributed by atoms with Crippen molar-refractivity contribution in [1.82, 2.24) is 14.5 Å². The van der Waals surface area contributed by atoms with Crippen LogP contribution in [0, 0.1) is 6.92 Å². The van der Waals surface area contributed by atoms with E-state index in [0.717, 1.165) is 25.3 Å². The van der Waals surface area contributed by atoms with Gasteiger partial charge in [-0.25, -0.2) is 4.98 Å². The lowest BCUT2D eigenvalue weighted by Crippen LogP contribution is -2.21. The molecule has 3 heteroatoms. The Morgan fingerprint density at radius 3 is 2.56 bits per heavy atom. The van der Waals surface area contributed by atoms with E-state index in [1.165, 1.54) is 11.1 Å². The minimum atomic E-state index is 0.991. The first kappa shape index (κ1) is 12.8. The van der Waals surface area contributed by atoms with Crippen LogP contribution in [0.5, 0.6) is 0 Å². The van der Waals surface area contributed by atoms with Crippen LogP contribution in [0.4, 0.5) is 0 Å². The zero-order valence-corrected chi connectivity index (χ0v) is 11.4. The van der Waals surface area contributed by atoms with Crippen LogP contribution in [0.2, 0.25) is 0 Å². The summed E-state index contributed by atoms with van der Waals surface area (Å²) in [6, 6.07) is 8.74. The van der Waals surface area contributed by atoms with E-state index in [4.69, 9.17) is 0 Å². The summed E-state index contributed by atoms with van der Waals surface area (Å²) >= 11 is 0. The smallest absolute Gasteiger partial charge is 0.109 e. The fourth-order valence-corrected chi connectivity index (χ4v) is 2.01. The standard InChI is InChI=1S/C15H21N3/c1-13-4-6-14(7-5-13)12-17(2)10-8-15-16-9-11-18(15)3/h4-7,9,11H,8,10,12H2,1-3H3. The molecule has 0 aliphatic carbocycles. The molecule has 96 valence electrons. The Morgan fingerprint density at radius 1 is 1.22 bits per heavy atom. The van der Waals surface area contributed by atoms with E-state index in [1.807, 2.05) is 19.4 Å². The van der Waals surface area contributed by atoms with E-state index in [2.05, 4.69) is 52.7 Å². The third-order valence-electron chi connectivity index (χ3n) is 3.21. The van der Waals surface area contributed by atoms with Gasteiger partial charge >= 0.3 is 0 Å². The molecule has 1 heterocycles. The zero-order chi connectivity index (χ0) is 13.0. The van der Waals surface area contributed by atoms with Gasteiger partial charge in [0.2, 0.25) is 0 Å². The van der Waals surface area contributed by atoms with Crippen molar-refractivity contribution in [1.29, 1.82) is 0 Å². The average Bonchev–Trinajstić information content (AvgIpc) is 2.75. The molecule has 0 N–H and O–H groups in total. The van der Waals surface area contributed by atoms with Gasteiger partial charge in [-0.2, -0.15) is 0 Å². The van der Waals surface area contributed by atoms with Crippen molar-refractivity contribution < 1.29 is 0 Å². The highest BCUT2D eigenvalue weighted by Crippen LogP contribution is 2.06. The van der Waals surface area contributed by atoms with Crippen LogP contribution >= 0.6 is 0 Å². The second kappa shape index (κ2) is 5.83. The van der Waals surface area contributed by atoms with Crippen molar-refractivity contribution in [3.05, 3.63) is 53.6 Å². The lowest BCUT2D eigenvalue weighted by molar-refractivity contribution is 0.327. The molecule has 0 saturated heterocycles. The van der Waals surface area contributed by atoms with Gasteiger partial charge in [0.25, 0.3) is 0 Å². The number of rotatable bonds is 5. The van der Waals surface area contributed by atoms with Crippen LogP contribution in [0.3, 0.4) is 0 Å². The van der Waals surface area contributed by atoms with Crippen molar-refractivity contribution >= 4 is 0 Å². The Kier molecular flexibility index (Phi) is 4.15. The van der Waals surface area contributed by atoms with Crippen LogP contribution < -0.4 is 0 Å². The second-order valence-corrected chi connectivity index (χ2v) is 4.93. The molecule has 0 radical (unpaired) electrons. The Hall–Kier alpha value is -1.61. The number of nitrogens with zero attached hydrogens (tertiary/aromatic N) is 3. The highest BCUT2D eigenvalue weighted by Gasteiger charge is 2.03. The van der Waals surface area contributed by atoms with Crippen molar-refractivity contribution in [3.63, 3.8) is 0 Å². The molecule has 0 amide bonds. The van der Waals surface area contributed by atoms with Gasteiger partial charge in [-0.05, 0) is 19.5 Å².